The predicted octanol–water partition coefficient (Wildman–Crippen LogP) is 1.97. The summed E-state index contributed by atoms with van der Waals surface area (Å²) < 4.78 is 6.77. The van der Waals surface area contributed by atoms with Crippen molar-refractivity contribution in [3.05, 3.63) is 22.7 Å². The van der Waals surface area contributed by atoms with Crippen molar-refractivity contribution < 1.29 is 14.3 Å². The molecule has 10 heteroatoms. The van der Waals surface area contributed by atoms with E-state index in [0.29, 0.717) is 28.1 Å². The Morgan fingerprint density at radius 1 is 1.44 bits per heavy atom. The highest BCUT2D eigenvalue weighted by Crippen LogP contribution is 2.21. The molecule has 0 saturated heterocycles. The lowest BCUT2D eigenvalue weighted by atomic mass is 10.2. The van der Waals surface area contributed by atoms with Gasteiger partial charge in [0.15, 0.2) is 11.6 Å². The molecule has 0 radical (unpaired) electrons. The fourth-order valence-electron chi connectivity index (χ4n) is 1.97. The van der Waals surface area contributed by atoms with Crippen molar-refractivity contribution >= 4 is 23.3 Å². The van der Waals surface area contributed by atoms with Crippen LogP contribution >= 0.6 is 11.3 Å². The van der Waals surface area contributed by atoms with E-state index in [1.165, 1.54) is 10.9 Å². The molecule has 3 N–H and O–H groups in total. The van der Waals surface area contributed by atoms with Crippen LogP contribution in [0.1, 0.15) is 62.0 Å². The van der Waals surface area contributed by atoms with E-state index >= 15 is 0 Å². The number of hydrogen-bond donors (Lipinski definition) is 2. The Morgan fingerprint density at radius 3 is 2.64 bits per heavy atom. The maximum absolute atomic E-state index is 12.0. The van der Waals surface area contributed by atoms with Crippen molar-refractivity contribution in [3.63, 3.8) is 0 Å². The van der Waals surface area contributed by atoms with Crippen molar-refractivity contribution in [1.29, 1.82) is 0 Å². The molecule has 0 fully saturated rings. The molecule has 25 heavy (non-hydrogen) atoms. The Labute approximate surface area is 149 Å². The monoisotopic (exact) mass is 366 g/mol. The van der Waals surface area contributed by atoms with Crippen LogP contribution < -0.4 is 11.1 Å². The second-order valence-corrected chi connectivity index (χ2v) is 7.40. The number of ether oxygens (including phenoxy) is 1. The normalized spacial score (nSPS) is 12.7. The fourth-order valence-corrected chi connectivity index (χ4v) is 2.69. The van der Waals surface area contributed by atoms with Crippen LogP contribution in [0.25, 0.3) is 5.13 Å². The van der Waals surface area contributed by atoms with Crippen LogP contribution in [0.3, 0.4) is 0 Å². The largest absolute Gasteiger partial charge is 0.444 e. The third kappa shape index (κ3) is 4.75. The predicted molar refractivity (Wildman–Crippen MR) is 92.7 cm³/mol. The molecule has 1 atom stereocenters. The summed E-state index contributed by atoms with van der Waals surface area (Å²) in [6.07, 6.45) is 1.46. The number of hydrogen-bond acceptors (Lipinski definition) is 7. The number of thiazole rings is 1. The van der Waals surface area contributed by atoms with Gasteiger partial charge in [-0.15, -0.1) is 5.10 Å². The molecule has 2 aromatic heterocycles. The number of nitrogens with two attached hydrogens (primary N) is 1. The third-order valence-corrected chi connectivity index (χ3v) is 4.02. The zero-order valence-corrected chi connectivity index (χ0v) is 15.7. The van der Waals surface area contributed by atoms with Crippen LogP contribution in [-0.4, -0.2) is 37.3 Å². The van der Waals surface area contributed by atoms with Crippen molar-refractivity contribution in [2.24, 2.45) is 5.73 Å². The standard InChI is InChI=1S/C15H22N6O3S/c1-6-10-19-12(8(2)18-14(23)24-15(3,4)5)21(20-10)13-17-7-9(25-13)11(16)22/h7-8H,6H2,1-5H3,(H2,16,22)(H,18,23). The molecular weight excluding hydrogens is 344 g/mol. The number of nitrogens with one attached hydrogen (secondary N) is 1. The topological polar surface area (TPSA) is 125 Å². The molecule has 2 heterocycles. The van der Waals surface area contributed by atoms with Gasteiger partial charge in [-0.05, 0) is 27.7 Å². The van der Waals surface area contributed by atoms with Gasteiger partial charge in [-0.25, -0.2) is 14.8 Å². The lowest BCUT2D eigenvalue weighted by molar-refractivity contribution is 0.0505. The first-order valence-corrected chi connectivity index (χ1v) is 8.63. The Morgan fingerprint density at radius 2 is 2.12 bits per heavy atom. The number of rotatable bonds is 5. The summed E-state index contributed by atoms with van der Waals surface area (Å²) in [6.45, 7) is 9.06. The van der Waals surface area contributed by atoms with Gasteiger partial charge < -0.3 is 15.8 Å². The van der Waals surface area contributed by atoms with E-state index in [9.17, 15) is 9.59 Å². The number of aromatic nitrogens is 4. The van der Waals surface area contributed by atoms with Crippen molar-refractivity contribution in [2.45, 2.75) is 52.7 Å². The zero-order chi connectivity index (χ0) is 18.8. The first-order chi connectivity index (χ1) is 11.6. The lowest BCUT2D eigenvalue weighted by Crippen LogP contribution is -2.34. The number of primary amides is 1. The Bertz CT molecular complexity index is 777. The molecule has 2 aromatic rings. The molecule has 0 aliphatic carbocycles. The van der Waals surface area contributed by atoms with Gasteiger partial charge in [0, 0.05) is 6.42 Å². The molecule has 0 bridgehead atoms. The van der Waals surface area contributed by atoms with Gasteiger partial charge in [0.25, 0.3) is 5.91 Å². The van der Waals surface area contributed by atoms with E-state index in [2.05, 4.69) is 20.4 Å². The number of carbonyl (C=O) groups is 2. The van der Waals surface area contributed by atoms with E-state index in [0.717, 1.165) is 11.3 Å². The summed E-state index contributed by atoms with van der Waals surface area (Å²) >= 11 is 1.11. The molecule has 0 aliphatic rings. The highest BCUT2D eigenvalue weighted by Gasteiger charge is 2.23. The van der Waals surface area contributed by atoms with Crippen molar-refractivity contribution in [3.8, 4) is 5.13 Å². The Hall–Kier alpha value is -2.49. The summed E-state index contributed by atoms with van der Waals surface area (Å²) in [5.41, 5.74) is 4.67. The Kier molecular flexibility index (Phi) is 5.41. The average molecular weight is 366 g/mol. The maximum atomic E-state index is 12.0. The number of alkyl carbamates (subject to hydrolysis) is 1. The molecular formula is C15H22N6O3S. The minimum atomic E-state index is -0.599. The van der Waals surface area contributed by atoms with Gasteiger partial charge in [-0.3, -0.25) is 4.79 Å². The van der Waals surface area contributed by atoms with Crippen LogP contribution in [0.2, 0.25) is 0 Å². The number of aryl methyl sites for hydroxylation is 1. The van der Waals surface area contributed by atoms with Crippen molar-refractivity contribution in [1.82, 2.24) is 25.1 Å². The molecule has 0 aliphatic heterocycles. The summed E-state index contributed by atoms with van der Waals surface area (Å²) in [7, 11) is 0. The minimum Gasteiger partial charge on any atom is -0.444 e. The molecule has 136 valence electrons. The van der Waals surface area contributed by atoms with E-state index in [-0.39, 0.29) is 0 Å². The SMILES string of the molecule is CCc1nc(C(C)NC(=O)OC(C)(C)C)n(-c2ncc(C(N)=O)s2)n1. The lowest BCUT2D eigenvalue weighted by Gasteiger charge is -2.21. The van der Waals surface area contributed by atoms with E-state index in [1.807, 2.05) is 6.92 Å². The minimum absolute atomic E-state index is 0.322. The molecule has 1 unspecified atom stereocenters. The van der Waals surface area contributed by atoms with Gasteiger partial charge in [0.05, 0.1) is 12.2 Å². The van der Waals surface area contributed by atoms with Crippen LogP contribution in [0.15, 0.2) is 6.20 Å². The smallest absolute Gasteiger partial charge is 0.408 e. The maximum Gasteiger partial charge on any atom is 0.408 e. The summed E-state index contributed by atoms with van der Waals surface area (Å²) in [5, 5.41) is 7.57. The molecule has 2 rings (SSSR count). The van der Waals surface area contributed by atoms with Crippen LogP contribution in [0.5, 0.6) is 0 Å². The van der Waals surface area contributed by atoms with Crippen molar-refractivity contribution in [2.75, 3.05) is 0 Å². The summed E-state index contributed by atoms with van der Waals surface area (Å²) in [5.74, 6) is 0.540. The van der Waals surface area contributed by atoms with E-state index in [4.69, 9.17) is 10.5 Å². The molecule has 0 spiro atoms. The second kappa shape index (κ2) is 7.18. The fraction of sp³-hybridized carbons (Fsp3) is 0.533. The second-order valence-electron chi connectivity index (χ2n) is 6.39. The van der Waals surface area contributed by atoms with Gasteiger partial charge in [0.1, 0.15) is 10.5 Å². The first-order valence-electron chi connectivity index (χ1n) is 7.82. The van der Waals surface area contributed by atoms with Crippen LogP contribution in [0, 0.1) is 0 Å². The van der Waals surface area contributed by atoms with Gasteiger partial charge >= 0.3 is 6.09 Å². The average Bonchev–Trinajstić information content (AvgIpc) is 3.11. The van der Waals surface area contributed by atoms with Crippen LogP contribution in [-0.2, 0) is 11.2 Å². The Balaban J connectivity index is 2.29. The zero-order valence-electron chi connectivity index (χ0n) is 14.9. The number of nitrogens with zero attached hydrogens (tertiary/aromatic N) is 4. The van der Waals surface area contributed by atoms with E-state index < -0.39 is 23.6 Å². The third-order valence-electron chi connectivity index (χ3n) is 3.03. The molecule has 0 saturated carbocycles. The van der Waals surface area contributed by atoms with E-state index in [1.54, 1.807) is 27.7 Å². The first kappa shape index (κ1) is 18.8. The summed E-state index contributed by atoms with van der Waals surface area (Å²) in [4.78, 5) is 32.2. The summed E-state index contributed by atoms with van der Waals surface area (Å²) in [6, 6.07) is -0.469. The molecule has 2 amide bonds. The van der Waals surface area contributed by atoms with Gasteiger partial charge in [-0.2, -0.15) is 4.68 Å². The highest BCUT2D eigenvalue weighted by atomic mass is 32.1. The van der Waals surface area contributed by atoms with Crippen LogP contribution in [0.4, 0.5) is 4.79 Å². The quantitative estimate of drug-likeness (QED) is 0.833. The van der Waals surface area contributed by atoms with Gasteiger partial charge in [0.2, 0.25) is 5.13 Å². The molecule has 0 aromatic carbocycles. The van der Waals surface area contributed by atoms with Gasteiger partial charge in [-0.1, -0.05) is 18.3 Å². The number of carbonyl (C=O) groups excluding carboxylic acids is 2. The number of amides is 2. The molecule has 9 nitrogen and oxygen atoms in total. The highest BCUT2D eigenvalue weighted by molar-refractivity contribution is 7.16.